The van der Waals surface area contributed by atoms with Gasteiger partial charge in [0.25, 0.3) is 0 Å². The highest BCUT2D eigenvalue weighted by atomic mass is 16.7. The highest BCUT2D eigenvalue weighted by molar-refractivity contribution is 5.89. The van der Waals surface area contributed by atoms with Crippen molar-refractivity contribution in [1.29, 1.82) is 0 Å². The van der Waals surface area contributed by atoms with Crippen LogP contribution in [-0.2, 0) is 16.1 Å². The van der Waals surface area contributed by atoms with E-state index in [0.29, 0.717) is 5.56 Å². The molecule has 3 rings (SSSR count). The zero-order valence-corrected chi connectivity index (χ0v) is 14.9. The molecule has 4 N–H and O–H groups in total. The van der Waals surface area contributed by atoms with Crippen molar-refractivity contribution in [1.82, 2.24) is 0 Å². The molecule has 2 aromatic carbocycles. The van der Waals surface area contributed by atoms with Gasteiger partial charge in [-0.2, -0.15) is 0 Å². The summed E-state index contributed by atoms with van der Waals surface area (Å²) >= 11 is 0. The van der Waals surface area contributed by atoms with Crippen molar-refractivity contribution in [3.05, 3.63) is 65.7 Å². The molecule has 8 heteroatoms. The Kier molecular flexibility index (Phi) is 6.61. The summed E-state index contributed by atoms with van der Waals surface area (Å²) < 4.78 is 16.4. The first-order valence-corrected chi connectivity index (χ1v) is 8.79. The van der Waals surface area contributed by atoms with Crippen LogP contribution in [0.4, 0.5) is 0 Å². The highest BCUT2D eigenvalue weighted by Gasteiger charge is 2.48. The van der Waals surface area contributed by atoms with E-state index in [4.69, 9.17) is 14.2 Å². The van der Waals surface area contributed by atoms with Gasteiger partial charge in [-0.1, -0.05) is 36.4 Å². The molecule has 28 heavy (non-hydrogen) atoms. The summed E-state index contributed by atoms with van der Waals surface area (Å²) in [5.41, 5.74) is 0.708. The summed E-state index contributed by atoms with van der Waals surface area (Å²) in [5, 5.41) is 39.9. The number of para-hydroxylation sites is 1. The standard InChI is InChI=1S/C20H22O8/c21-10-13-8-4-5-9-14(13)26-20-17(24)18(16(23)15(11-22)27-20)28-19(25)12-6-2-1-3-7-12/h1-9,15-18,20-24H,10-11H2/t15-,16-,17-,18-,20-/m1/s1. The molecule has 0 aliphatic carbocycles. The molecule has 0 radical (unpaired) electrons. The van der Waals surface area contributed by atoms with Crippen molar-refractivity contribution in [2.75, 3.05) is 6.61 Å². The number of rotatable bonds is 6. The second kappa shape index (κ2) is 9.13. The fourth-order valence-electron chi connectivity index (χ4n) is 2.93. The van der Waals surface area contributed by atoms with Crippen LogP contribution in [0.1, 0.15) is 15.9 Å². The third kappa shape index (κ3) is 4.32. The first-order valence-electron chi connectivity index (χ1n) is 8.79. The number of aliphatic hydroxyl groups is 4. The quantitative estimate of drug-likeness (QED) is 0.516. The van der Waals surface area contributed by atoms with E-state index in [0.717, 1.165) is 0 Å². The largest absolute Gasteiger partial charge is 0.462 e. The molecule has 1 heterocycles. The molecule has 5 atom stereocenters. The normalized spacial score (nSPS) is 27.2. The van der Waals surface area contributed by atoms with E-state index in [1.807, 2.05) is 0 Å². The fraction of sp³-hybridized carbons (Fsp3) is 0.350. The minimum Gasteiger partial charge on any atom is -0.462 e. The SMILES string of the molecule is O=C(O[C@H]1[C@@H](O)[C@H](Oc2ccccc2CO)O[C@H](CO)[C@H]1O)c1ccccc1. The zero-order valence-electron chi connectivity index (χ0n) is 14.9. The van der Waals surface area contributed by atoms with E-state index in [1.165, 1.54) is 12.1 Å². The van der Waals surface area contributed by atoms with Crippen LogP contribution in [0.15, 0.2) is 54.6 Å². The zero-order chi connectivity index (χ0) is 20.1. The van der Waals surface area contributed by atoms with Gasteiger partial charge in [0, 0.05) is 5.56 Å². The molecule has 150 valence electrons. The Labute approximate surface area is 161 Å². The lowest BCUT2D eigenvalue weighted by Crippen LogP contribution is -2.61. The molecule has 2 aromatic rings. The molecule has 0 aromatic heterocycles. The summed E-state index contributed by atoms with van der Waals surface area (Å²) in [6.45, 7) is -0.869. The Hall–Kier alpha value is -2.49. The molecular formula is C20H22O8. The van der Waals surface area contributed by atoms with Crippen LogP contribution in [-0.4, -0.2) is 63.7 Å². The van der Waals surface area contributed by atoms with Crippen LogP contribution in [0.25, 0.3) is 0 Å². The number of aliphatic hydroxyl groups excluding tert-OH is 4. The molecule has 0 unspecified atom stereocenters. The topological polar surface area (TPSA) is 126 Å². The monoisotopic (exact) mass is 390 g/mol. The van der Waals surface area contributed by atoms with Crippen LogP contribution in [0.2, 0.25) is 0 Å². The predicted molar refractivity (Wildman–Crippen MR) is 96.4 cm³/mol. The molecule has 1 aliphatic rings. The lowest BCUT2D eigenvalue weighted by Gasteiger charge is -2.41. The molecule has 1 aliphatic heterocycles. The Morgan fingerprint density at radius 3 is 2.32 bits per heavy atom. The van der Waals surface area contributed by atoms with Gasteiger partial charge in [-0.25, -0.2) is 4.79 Å². The summed E-state index contributed by atoms with van der Waals surface area (Å²) in [4.78, 5) is 12.3. The maximum atomic E-state index is 12.3. The van der Waals surface area contributed by atoms with E-state index >= 15 is 0 Å². The van der Waals surface area contributed by atoms with Crippen molar-refractivity contribution in [2.24, 2.45) is 0 Å². The maximum Gasteiger partial charge on any atom is 0.338 e. The van der Waals surface area contributed by atoms with Gasteiger partial charge in [0.05, 0.1) is 18.8 Å². The van der Waals surface area contributed by atoms with Crippen molar-refractivity contribution in [3.63, 3.8) is 0 Å². The number of hydrogen-bond acceptors (Lipinski definition) is 8. The molecular weight excluding hydrogens is 368 g/mol. The first kappa shape index (κ1) is 20.2. The first-order chi connectivity index (χ1) is 13.5. The van der Waals surface area contributed by atoms with Gasteiger partial charge in [0.15, 0.2) is 12.2 Å². The van der Waals surface area contributed by atoms with E-state index in [2.05, 4.69) is 0 Å². The minimum atomic E-state index is -1.53. The van der Waals surface area contributed by atoms with Crippen LogP contribution in [0.5, 0.6) is 5.75 Å². The second-order valence-corrected chi connectivity index (χ2v) is 6.33. The second-order valence-electron chi connectivity index (χ2n) is 6.33. The Morgan fingerprint density at radius 2 is 1.64 bits per heavy atom. The van der Waals surface area contributed by atoms with Crippen molar-refractivity contribution in [3.8, 4) is 5.75 Å². The third-order valence-electron chi connectivity index (χ3n) is 4.46. The average Bonchev–Trinajstić information content (AvgIpc) is 2.74. The van der Waals surface area contributed by atoms with E-state index in [-0.39, 0.29) is 17.9 Å². The number of carbonyl (C=O) groups is 1. The lowest BCUT2D eigenvalue weighted by atomic mass is 9.98. The number of benzene rings is 2. The molecule has 1 fully saturated rings. The summed E-state index contributed by atoms with van der Waals surface area (Å²) in [6.07, 6.45) is -6.84. The maximum absolute atomic E-state index is 12.3. The fourth-order valence-corrected chi connectivity index (χ4v) is 2.93. The van der Waals surface area contributed by atoms with Gasteiger partial charge in [0.2, 0.25) is 6.29 Å². The highest BCUT2D eigenvalue weighted by Crippen LogP contribution is 2.28. The van der Waals surface area contributed by atoms with Gasteiger partial charge in [0.1, 0.15) is 18.0 Å². The van der Waals surface area contributed by atoms with Crippen LogP contribution < -0.4 is 4.74 Å². The van der Waals surface area contributed by atoms with Crippen molar-refractivity contribution < 1.29 is 39.4 Å². The molecule has 0 spiro atoms. The molecule has 1 saturated heterocycles. The van der Waals surface area contributed by atoms with Gasteiger partial charge < -0.3 is 34.6 Å². The third-order valence-corrected chi connectivity index (χ3v) is 4.46. The van der Waals surface area contributed by atoms with Crippen LogP contribution >= 0.6 is 0 Å². The van der Waals surface area contributed by atoms with Crippen LogP contribution in [0, 0.1) is 0 Å². The van der Waals surface area contributed by atoms with E-state index in [1.54, 1.807) is 42.5 Å². The average molecular weight is 390 g/mol. The molecule has 0 bridgehead atoms. The van der Waals surface area contributed by atoms with Crippen LogP contribution in [0.3, 0.4) is 0 Å². The number of ether oxygens (including phenoxy) is 3. The molecule has 8 nitrogen and oxygen atoms in total. The smallest absolute Gasteiger partial charge is 0.338 e. The number of hydrogen-bond donors (Lipinski definition) is 4. The Bertz CT molecular complexity index is 781. The Balaban J connectivity index is 1.80. The van der Waals surface area contributed by atoms with Gasteiger partial charge in [-0.15, -0.1) is 0 Å². The van der Waals surface area contributed by atoms with Gasteiger partial charge in [-0.05, 0) is 18.2 Å². The van der Waals surface area contributed by atoms with Crippen molar-refractivity contribution in [2.45, 2.75) is 37.3 Å². The van der Waals surface area contributed by atoms with Gasteiger partial charge in [-0.3, -0.25) is 0 Å². The van der Waals surface area contributed by atoms with E-state index < -0.39 is 43.3 Å². The minimum absolute atomic E-state index is 0.247. The molecule has 0 saturated carbocycles. The lowest BCUT2D eigenvalue weighted by molar-refractivity contribution is -0.277. The van der Waals surface area contributed by atoms with Crippen molar-refractivity contribution >= 4 is 5.97 Å². The summed E-state index contributed by atoms with van der Waals surface area (Å²) in [7, 11) is 0. The van der Waals surface area contributed by atoms with Gasteiger partial charge >= 0.3 is 5.97 Å². The summed E-state index contributed by atoms with van der Waals surface area (Å²) in [5.74, 6) is -0.480. The van der Waals surface area contributed by atoms with E-state index in [9.17, 15) is 25.2 Å². The number of carbonyl (C=O) groups excluding carboxylic acids is 1. The number of esters is 1. The summed E-state index contributed by atoms with van der Waals surface area (Å²) in [6, 6.07) is 14.7. The Morgan fingerprint density at radius 1 is 0.964 bits per heavy atom. The molecule has 0 amide bonds. The predicted octanol–water partition coefficient (Wildman–Crippen LogP) is 0.222.